The number of allylic oxidation sites excluding steroid dienone is 1. The van der Waals surface area contributed by atoms with Gasteiger partial charge >= 0.3 is 0 Å². The highest BCUT2D eigenvalue weighted by Gasteiger charge is 2.49. The maximum atomic E-state index is 15.5. The van der Waals surface area contributed by atoms with Gasteiger partial charge in [-0.25, -0.2) is 9.97 Å². The Morgan fingerprint density at radius 3 is 2.51 bits per heavy atom. The van der Waals surface area contributed by atoms with Gasteiger partial charge in [0.2, 0.25) is 5.91 Å². The molecule has 37 heavy (non-hydrogen) atoms. The number of nitrogens with zero attached hydrogens (tertiary/aromatic N) is 6. The first-order valence-electron chi connectivity index (χ1n) is 12.8. The maximum Gasteiger partial charge on any atom is 0.227 e. The van der Waals surface area contributed by atoms with Gasteiger partial charge < -0.3 is 25.1 Å². The Labute approximate surface area is 215 Å². The number of halogens is 1. The number of nitrogens with one attached hydrogen (secondary N) is 1. The van der Waals surface area contributed by atoms with Gasteiger partial charge in [-0.15, -0.1) is 4.79 Å². The van der Waals surface area contributed by atoms with Crippen molar-refractivity contribution in [3.63, 3.8) is 0 Å². The molecule has 6 rings (SSSR count). The van der Waals surface area contributed by atoms with Crippen molar-refractivity contribution in [1.29, 1.82) is 0 Å². The molecule has 2 fully saturated rings. The summed E-state index contributed by atoms with van der Waals surface area (Å²) in [5.41, 5.74) is 2.28. The molecule has 1 saturated heterocycles. The number of aromatic nitrogens is 3. The van der Waals surface area contributed by atoms with Gasteiger partial charge in [0.05, 0.1) is 12.1 Å². The Kier molecular flexibility index (Phi) is 5.78. The van der Waals surface area contributed by atoms with Gasteiger partial charge in [0.25, 0.3) is 0 Å². The number of benzene rings is 1. The molecule has 2 aliphatic carbocycles. The van der Waals surface area contributed by atoms with Crippen molar-refractivity contribution < 1.29 is 14.4 Å². The summed E-state index contributed by atoms with van der Waals surface area (Å²) in [6, 6.07) is 7.48. The van der Waals surface area contributed by atoms with E-state index in [4.69, 9.17) is 0 Å². The Bertz CT molecular complexity index is 1360. The van der Waals surface area contributed by atoms with Crippen LogP contribution in [0.15, 0.2) is 42.6 Å². The largest absolute Gasteiger partial charge is 0.504 e. The van der Waals surface area contributed by atoms with E-state index in [1.807, 2.05) is 24.3 Å². The number of piperazine rings is 1. The summed E-state index contributed by atoms with van der Waals surface area (Å²) in [5, 5.41) is 14.1. The van der Waals surface area contributed by atoms with Crippen LogP contribution in [0.25, 0.3) is 22.6 Å². The number of hydrogen-bond donors (Lipinski definition) is 2. The third kappa shape index (κ3) is 3.99. The number of aromatic hydroxyl groups is 1. The van der Waals surface area contributed by atoms with E-state index in [2.05, 4.69) is 44.3 Å². The number of carbonyl (C=O) groups excluding carboxylic acids is 1. The molecular weight excluding hydrogens is 473 g/mol. The predicted octanol–water partition coefficient (Wildman–Crippen LogP) is 2.98. The van der Waals surface area contributed by atoms with E-state index >= 15 is 4.48 Å². The van der Waals surface area contributed by atoms with E-state index in [0.29, 0.717) is 16.0 Å². The van der Waals surface area contributed by atoms with Crippen LogP contribution >= 0.6 is 0 Å². The van der Waals surface area contributed by atoms with Crippen LogP contribution in [-0.4, -0.2) is 88.9 Å². The second-order valence-electron chi connectivity index (χ2n) is 10.6. The summed E-state index contributed by atoms with van der Waals surface area (Å²) < 4.78 is 15.5. The molecule has 0 spiro atoms. The number of hydrogen-bond acceptors (Lipinski definition) is 7. The number of likely N-dealkylation sites (N-methyl/N-ethyl adjacent to an activating group) is 1. The summed E-state index contributed by atoms with van der Waals surface area (Å²) in [5.74, 6) is 0.0682. The second kappa shape index (κ2) is 9.02. The number of imidazole rings is 1. The van der Waals surface area contributed by atoms with Gasteiger partial charge in [0.1, 0.15) is 11.2 Å². The zero-order chi connectivity index (χ0) is 25.8. The minimum atomic E-state index is -0.262. The highest BCUT2D eigenvalue weighted by Crippen LogP contribution is 2.47. The third-order valence-corrected chi connectivity index (χ3v) is 8.09. The average Bonchev–Trinajstić information content (AvgIpc) is 3.59. The standard InChI is InChI=1S/C27H32FN7O2/c1-32(2)27(37)21-17-4-5-18(14-17)22(21)30-23-20(36)15-29-26-24(23)31-25(35(26)28)16-6-8-19(9-7-16)34-12-10-33(3)11-13-34/h4-9,15,17-18,21-22,36H,10-14H2,1-3H3,(H,29,30). The molecule has 2 bridgehead atoms. The molecule has 1 aliphatic heterocycles. The monoisotopic (exact) mass is 505 g/mol. The molecule has 1 saturated carbocycles. The highest BCUT2D eigenvalue weighted by molar-refractivity contribution is 5.92. The van der Waals surface area contributed by atoms with Crippen LogP contribution in [0.5, 0.6) is 5.75 Å². The van der Waals surface area contributed by atoms with Gasteiger partial charge in [-0.3, -0.25) is 4.79 Å². The molecule has 4 atom stereocenters. The molecule has 10 heteroatoms. The van der Waals surface area contributed by atoms with Crippen LogP contribution in [-0.2, 0) is 4.79 Å². The van der Waals surface area contributed by atoms with Crippen LogP contribution in [0.4, 0.5) is 15.9 Å². The smallest absolute Gasteiger partial charge is 0.227 e. The summed E-state index contributed by atoms with van der Waals surface area (Å²) in [6.45, 7) is 3.91. The van der Waals surface area contributed by atoms with E-state index in [1.165, 1.54) is 6.20 Å². The van der Waals surface area contributed by atoms with Crippen molar-refractivity contribution in [3.8, 4) is 17.1 Å². The van der Waals surface area contributed by atoms with Crippen molar-refractivity contribution in [1.82, 2.24) is 24.6 Å². The molecule has 3 aromatic rings. The minimum Gasteiger partial charge on any atom is -0.504 e. The zero-order valence-corrected chi connectivity index (χ0v) is 21.3. The van der Waals surface area contributed by atoms with Crippen LogP contribution in [0, 0.1) is 17.8 Å². The number of rotatable bonds is 5. The Hall–Kier alpha value is -3.66. The van der Waals surface area contributed by atoms with E-state index in [1.54, 1.807) is 19.0 Å². The van der Waals surface area contributed by atoms with Crippen LogP contribution in [0.1, 0.15) is 6.42 Å². The first-order valence-corrected chi connectivity index (χ1v) is 12.8. The first-order chi connectivity index (χ1) is 17.8. The number of fused-ring (bicyclic) bond motifs is 3. The normalized spacial score (nSPS) is 25.2. The molecule has 0 radical (unpaired) electrons. The highest BCUT2D eigenvalue weighted by atomic mass is 19.2. The number of anilines is 2. The van der Waals surface area contributed by atoms with Crippen LogP contribution < -0.4 is 10.2 Å². The van der Waals surface area contributed by atoms with E-state index < -0.39 is 0 Å². The van der Waals surface area contributed by atoms with Crippen molar-refractivity contribution >= 4 is 28.4 Å². The lowest BCUT2D eigenvalue weighted by molar-refractivity contribution is -0.134. The Morgan fingerprint density at radius 1 is 1.11 bits per heavy atom. The van der Waals surface area contributed by atoms with E-state index in [-0.39, 0.29) is 52.4 Å². The fraction of sp³-hybridized carbons (Fsp3) is 0.444. The van der Waals surface area contributed by atoms with Crippen molar-refractivity contribution in [2.45, 2.75) is 12.5 Å². The molecular formula is C27H32FN7O2. The summed E-state index contributed by atoms with van der Waals surface area (Å²) in [4.78, 5) is 28.4. The fourth-order valence-corrected chi connectivity index (χ4v) is 6.01. The van der Waals surface area contributed by atoms with E-state index in [0.717, 1.165) is 38.3 Å². The van der Waals surface area contributed by atoms with Crippen molar-refractivity contribution in [2.24, 2.45) is 17.8 Å². The fourth-order valence-electron chi connectivity index (χ4n) is 6.01. The summed E-state index contributed by atoms with van der Waals surface area (Å²) in [6.07, 6.45) is 6.34. The van der Waals surface area contributed by atoms with E-state index in [9.17, 15) is 9.90 Å². The Balaban J connectivity index is 1.32. The van der Waals surface area contributed by atoms with Gasteiger partial charge in [-0.1, -0.05) is 16.6 Å². The molecule has 3 heterocycles. The van der Waals surface area contributed by atoms with Gasteiger partial charge in [0, 0.05) is 57.6 Å². The van der Waals surface area contributed by atoms with Crippen molar-refractivity contribution in [2.75, 3.05) is 57.5 Å². The summed E-state index contributed by atoms with van der Waals surface area (Å²) in [7, 11) is 5.63. The molecule has 1 aromatic carbocycles. The third-order valence-electron chi connectivity index (χ3n) is 8.09. The molecule has 2 aromatic heterocycles. The van der Waals surface area contributed by atoms with Gasteiger partial charge in [0.15, 0.2) is 17.2 Å². The number of pyridine rings is 1. The molecule has 9 nitrogen and oxygen atoms in total. The van der Waals surface area contributed by atoms with Gasteiger partial charge in [-0.05, 0) is 49.6 Å². The maximum absolute atomic E-state index is 15.5. The lowest BCUT2D eigenvalue weighted by Crippen LogP contribution is -2.44. The minimum absolute atomic E-state index is 0.0210. The van der Waals surface area contributed by atoms with Crippen LogP contribution in [0.3, 0.4) is 0 Å². The second-order valence-corrected chi connectivity index (χ2v) is 10.6. The predicted molar refractivity (Wildman–Crippen MR) is 141 cm³/mol. The van der Waals surface area contributed by atoms with Gasteiger partial charge in [-0.2, -0.15) is 0 Å². The molecule has 4 unspecified atom stereocenters. The molecule has 2 N–H and O–H groups in total. The zero-order valence-electron chi connectivity index (χ0n) is 21.3. The average molecular weight is 506 g/mol. The topological polar surface area (TPSA) is 89.8 Å². The molecule has 1 amide bonds. The van der Waals surface area contributed by atoms with Crippen LogP contribution in [0.2, 0.25) is 0 Å². The molecule has 3 aliphatic rings. The SMILES string of the molecule is CN1CCN(c2ccc(-c3nc4c(NC5C6C=CC(C6)C5C(=O)N(C)C)c(O)cnc4n3F)cc2)CC1. The molecule has 194 valence electrons. The Morgan fingerprint density at radius 2 is 1.81 bits per heavy atom. The first kappa shape index (κ1) is 23.7. The van der Waals surface area contributed by atoms with Crippen molar-refractivity contribution in [3.05, 3.63) is 42.6 Å². The lowest BCUT2D eigenvalue weighted by atomic mass is 9.87. The quantitative estimate of drug-likeness (QED) is 0.516. The number of carbonyl (C=O) groups is 1. The summed E-state index contributed by atoms with van der Waals surface area (Å²) >= 11 is 0. The number of amides is 1. The lowest BCUT2D eigenvalue weighted by Gasteiger charge is -2.34.